The number of hydrogen-bond donors (Lipinski definition) is 1. The standard InChI is InChI=1S/C11H21F3N2O2/c12-11(13,14)9-17-8-6-16-4-1-10(2-5-16)18-7-3-15/h10H,1-9,15H2. The molecule has 0 radical (unpaired) electrons. The Morgan fingerprint density at radius 3 is 2.39 bits per heavy atom. The van der Waals surface area contributed by atoms with Crippen LogP contribution in [0.1, 0.15) is 12.8 Å². The molecule has 0 unspecified atom stereocenters. The van der Waals surface area contributed by atoms with Gasteiger partial charge in [0.15, 0.2) is 0 Å². The van der Waals surface area contributed by atoms with Crippen LogP contribution in [-0.4, -0.2) is 63.2 Å². The van der Waals surface area contributed by atoms with Crippen LogP contribution in [0.15, 0.2) is 0 Å². The van der Waals surface area contributed by atoms with Crippen molar-refractivity contribution in [1.29, 1.82) is 0 Å². The lowest BCUT2D eigenvalue weighted by molar-refractivity contribution is -0.174. The van der Waals surface area contributed by atoms with E-state index in [9.17, 15) is 13.2 Å². The summed E-state index contributed by atoms with van der Waals surface area (Å²) in [5.41, 5.74) is 5.35. The van der Waals surface area contributed by atoms with Gasteiger partial charge in [-0.3, -0.25) is 0 Å². The second-order valence-corrected chi connectivity index (χ2v) is 4.37. The van der Waals surface area contributed by atoms with Crippen molar-refractivity contribution in [3.63, 3.8) is 0 Å². The first-order chi connectivity index (χ1) is 8.51. The Labute approximate surface area is 105 Å². The van der Waals surface area contributed by atoms with Gasteiger partial charge in [-0.15, -0.1) is 0 Å². The average Bonchev–Trinajstić information content (AvgIpc) is 2.32. The molecule has 0 aromatic carbocycles. The van der Waals surface area contributed by atoms with Crippen LogP contribution in [0, 0.1) is 0 Å². The molecule has 4 nitrogen and oxygen atoms in total. The predicted octanol–water partition coefficient (Wildman–Crippen LogP) is 1.00. The number of nitrogens with zero attached hydrogens (tertiary/aromatic N) is 1. The maximum Gasteiger partial charge on any atom is 0.411 e. The largest absolute Gasteiger partial charge is 0.411 e. The third kappa shape index (κ3) is 7.15. The number of piperidine rings is 1. The third-order valence-electron chi connectivity index (χ3n) is 2.82. The minimum Gasteiger partial charge on any atom is -0.377 e. The monoisotopic (exact) mass is 270 g/mol. The average molecular weight is 270 g/mol. The second kappa shape index (κ2) is 7.93. The Morgan fingerprint density at radius 2 is 1.83 bits per heavy atom. The van der Waals surface area contributed by atoms with E-state index in [4.69, 9.17) is 10.5 Å². The minimum absolute atomic E-state index is 0.119. The molecule has 0 bridgehead atoms. The molecule has 7 heteroatoms. The first-order valence-electron chi connectivity index (χ1n) is 6.20. The molecule has 0 aliphatic carbocycles. The van der Waals surface area contributed by atoms with E-state index in [1.165, 1.54) is 0 Å². The molecule has 1 rings (SSSR count). The smallest absolute Gasteiger partial charge is 0.377 e. The molecule has 2 N–H and O–H groups in total. The fourth-order valence-corrected chi connectivity index (χ4v) is 1.92. The molecule has 0 aromatic rings. The van der Waals surface area contributed by atoms with Gasteiger partial charge in [0.05, 0.1) is 19.3 Å². The summed E-state index contributed by atoms with van der Waals surface area (Å²) in [4.78, 5) is 2.10. The van der Waals surface area contributed by atoms with Crippen molar-refractivity contribution >= 4 is 0 Å². The topological polar surface area (TPSA) is 47.7 Å². The predicted molar refractivity (Wildman–Crippen MR) is 61.3 cm³/mol. The second-order valence-electron chi connectivity index (χ2n) is 4.37. The van der Waals surface area contributed by atoms with Crippen LogP contribution in [0.3, 0.4) is 0 Å². The SMILES string of the molecule is NCCOC1CCN(CCOCC(F)(F)F)CC1. The van der Waals surface area contributed by atoms with Gasteiger partial charge in [0.1, 0.15) is 6.61 Å². The fraction of sp³-hybridized carbons (Fsp3) is 1.00. The van der Waals surface area contributed by atoms with Gasteiger partial charge in [-0.1, -0.05) is 0 Å². The molecule has 1 aliphatic rings. The van der Waals surface area contributed by atoms with Crippen molar-refractivity contribution in [2.24, 2.45) is 5.73 Å². The number of nitrogens with two attached hydrogens (primary N) is 1. The molecule has 18 heavy (non-hydrogen) atoms. The Bertz CT molecular complexity index is 219. The molecule has 0 spiro atoms. The summed E-state index contributed by atoms with van der Waals surface area (Å²) in [5.74, 6) is 0. The van der Waals surface area contributed by atoms with Gasteiger partial charge in [-0.05, 0) is 12.8 Å². The number of hydrogen-bond acceptors (Lipinski definition) is 4. The van der Waals surface area contributed by atoms with Crippen LogP contribution >= 0.6 is 0 Å². The summed E-state index contributed by atoms with van der Waals surface area (Å²) in [7, 11) is 0. The first kappa shape index (κ1) is 15.7. The summed E-state index contributed by atoms with van der Waals surface area (Å²) in [6.07, 6.45) is -2.19. The van der Waals surface area contributed by atoms with Crippen LogP contribution in [0.4, 0.5) is 13.2 Å². The van der Waals surface area contributed by atoms with E-state index in [1.807, 2.05) is 0 Å². The Morgan fingerprint density at radius 1 is 1.17 bits per heavy atom. The van der Waals surface area contributed by atoms with Crippen LogP contribution < -0.4 is 5.73 Å². The number of likely N-dealkylation sites (tertiary alicyclic amines) is 1. The summed E-state index contributed by atoms with van der Waals surface area (Å²) >= 11 is 0. The number of rotatable bonds is 7. The van der Waals surface area contributed by atoms with Gasteiger partial charge >= 0.3 is 6.18 Å². The molecule has 0 atom stereocenters. The highest BCUT2D eigenvalue weighted by molar-refractivity contribution is 4.72. The van der Waals surface area contributed by atoms with Crippen LogP contribution in [0.2, 0.25) is 0 Å². The number of ether oxygens (including phenoxy) is 2. The summed E-state index contributed by atoms with van der Waals surface area (Å²) in [6, 6.07) is 0. The number of halogens is 3. The molecule has 108 valence electrons. The summed E-state index contributed by atoms with van der Waals surface area (Å²) in [5, 5.41) is 0. The van der Waals surface area contributed by atoms with Crippen molar-refractivity contribution in [2.45, 2.75) is 25.1 Å². The van der Waals surface area contributed by atoms with Crippen LogP contribution in [-0.2, 0) is 9.47 Å². The van der Waals surface area contributed by atoms with Crippen LogP contribution in [0.25, 0.3) is 0 Å². The maximum atomic E-state index is 11.8. The Hall–Kier alpha value is -0.370. The van der Waals surface area contributed by atoms with E-state index in [2.05, 4.69) is 9.64 Å². The van der Waals surface area contributed by atoms with Gasteiger partial charge in [-0.25, -0.2) is 0 Å². The minimum atomic E-state index is -4.23. The van der Waals surface area contributed by atoms with Gasteiger partial charge in [0.2, 0.25) is 0 Å². The molecule has 1 fully saturated rings. The van der Waals surface area contributed by atoms with Crippen molar-refractivity contribution in [1.82, 2.24) is 4.90 Å². The molecule has 0 saturated carbocycles. The van der Waals surface area contributed by atoms with E-state index >= 15 is 0 Å². The third-order valence-corrected chi connectivity index (χ3v) is 2.82. The van der Waals surface area contributed by atoms with E-state index in [-0.39, 0.29) is 12.7 Å². The van der Waals surface area contributed by atoms with Crippen molar-refractivity contribution in [3.8, 4) is 0 Å². The zero-order valence-corrected chi connectivity index (χ0v) is 10.4. The molecular formula is C11H21F3N2O2. The highest BCUT2D eigenvalue weighted by Crippen LogP contribution is 2.15. The molecular weight excluding hydrogens is 249 g/mol. The summed E-state index contributed by atoms with van der Waals surface area (Å²) < 4.78 is 45.6. The molecule has 1 saturated heterocycles. The van der Waals surface area contributed by atoms with Crippen molar-refractivity contribution in [3.05, 3.63) is 0 Å². The highest BCUT2D eigenvalue weighted by atomic mass is 19.4. The lowest BCUT2D eigenvalue weighted by Gasteiger charge is -2.31. The zero-order chi connectivity index (χ0) is 13.4. The summed E-state index contributed by atoms with van der Waals surface area (Å²) in [6.45, 7) is 2.26. The molecule has 0 amide bonds. The zero-order valence-electron chi connectivity index (χ0n) is 10.4. The highest BCUT2D eigenvalue weighted by Gasteiger charge is 2.27. The van der Waals surface area contributed by atoms with Gasteiger partial charge in [-0.2, -0.15) is 13.2 Å². The molecule has 1 heterocycles. The van der Waals surface area contributed by atoms with Crippen molar-refractivity contribution in [2.75, 3.05) is 46.0 Å². The van der Waals surface area contributed by atoms with Gasteiger partial charge in [0, 0.05) is 26.2 Å². The first-order valence-corrected chi connectivity index (χ1v) is 6.20. The lowest BCUT2D eigenvalue weighted by Crippen LogP contribution is -2.39. The maximum absolute atomic E-state index is 11.8. The number of alkyl halides is 3. The molecule has 1 aliphatic heterocycles. The van der Waals surface area contributed by atoms with Gasteiger partial charge < -0.3 is 20.1 Å². The van der Waals surface area contributed by atoms with Gasteiger partial charge in [0.25, 0.3) is 0 Å². The molecule has 0 aromatic heterocycles. The van der Waals surface area contributed by atoms with E-state index in [1.54, 1.807) is 0 Å². The van der Waals surface area contributed by atoms with E-state index in [0.29, 0.717) is 19.7 Å². The van der Waals surface area contributed by atoms with Crippen LogP contribution in [0.5, 0.6) is 0 Å². The van der Waals surface area contributed by atoms with E-state index in [0.717, 1.165) is 25.9 Å². The Balaban J connectivity index is 2.02. The quantitative estimate of drug-likeness (QED) is 0.701. The Kier molecular flexibility index (Phi) is 6.91. The normalized spacial score (nSPS) is 19.3. The fourth-order valence-electron chi connectivity index (χ4n) is 1.92. The van der Waals surface area contributed by atoms with E-state index < -0.39 is 12.8 Å². The lowest BCUT2D eigenvalue weighted by atomic mass is 10.1. The van der Waals surface area contributed by atoms with Crippen molar-refractivity contribution < 1.29 is 22.6 Å².